The SMILES string of the molecule is CCCCCCCCCCCC(=O)OC[C@H](COC(=O)CCCCCCCCCCCCCCCCCCC(C)C)OC(=O)CCCCCCCCCCCCCCCCCCC(C)C. The molecule has 6 nitrogen and oxygen atoms in total. The van der Waals surface area contributed by atoms with E-state index in [0.717, 1.165) is 69.6 Å². The summed E-state index contributed by atoms with van der Waals surface area (Å²) in [6.45, 7) is 11.4. The second-order valence-electron chi connectivity index (χ2n) is 21.2. The minimum Gasteiger partial charge on any atom is -0.462 e. The molecule has 0 aromatic carbocycles. The molecule has 0 N–H and O–H groups in total. The van der Waals surface area contributed by atoms with Crippen molar-refractivity contribution in [2.24, 2.45) is 11.8 Å². The van der Waals surface area contributed by atoms with Crippen LogP contribution in [-0.4, -0.2) is 37.2 Å². The summed E-state index contributed by atoms with van der Waals surface area (Å²) in [6.07, 6.45) is 55.3. The summed E-state index contributed by atoms with van der Waals surface area (Å²) in [5, 5.41) is 0. The van der Waals surface area contributed by atoms with Gasteiger partial charge in [-0.3, -0.25) is 14.4 Å². The van der Waals surface area contributed by atoms with Crippen LogP contribution in [0.1, 0.15) is 330 Å². The lowest BCUT2D eigenvalue weighted by molar-refractivity contribution is -0.167. The van der Waals surface area contributed by atoms with Gasteiger partial charge in [0.15, 0.2) is 6.10 Å². The number of hydrogen-bond acceptors (Lipinski definition) is 6. The van der Waals surface area contributed by atoms with Gasteiger partial charge in [0.1, 0.15) is 13.2 Å². The van der Waals surface area contributed by atoms with E-state index < -0.39 is 6.10 Å². The van der Waals surface area contributed by atoms with Crippen LogP contribution in [0.2, 0.25) is 0 Å². The van der Waals surface area contributed by atoms with Gasteiger partial charge in [0, 0.05) is 19.3 Å². The molecule has 0 unspecified atom stereocenters. The quantitative estimate of drug-likeness (QED) is 0.0344. The Kier molecular flexibility index (Phi) is 50.5. The largest absolute Gasteiger partial charge is 0.462 e. The maximum atomic E-state index is 12.8. The third-order valence-electron chi connectivity index (χ3n) is 13.5. The Labute approximate surface area is 406 Å². The van der Waals surface area contributed by atoms with Gasteiger partial charge in [-0.25, -0.2) is 0 Å². The molecular formula is C59H114O6. The van der Waals surface area contributed by atoms with Crippen LogP contribution in [-0.2, 0) is 28.6 Å². The Morgan fingerprint density at radius 1 is 0.292 bits per heavy atom. The zero-order valence-electron chi connectivity index (χ0n) is 44.6. The minimum absolute atomic E-state index is 0.0626. The van der Waals surface area contributed by atoms with E-state index in [0.29, 0.717) is 19.3 Å². The molecule has 386 valence electrons. The Balaban J connectivity index is 4.20. The molecule has 0 amide bonds. The summed E-state index contributed by atoms with van der Waals surface area (Å²) in [6, 6.07) is 0. The third-order valence-corrected chi connectivity index (χ3v) is 13.5. The maximum Gasteiger partial charge on any atom is 0.306 e. The lowest BCUT2D eigenvalue weighted by atomic mass is 10.0. The first kappa shape index (κ1) is 63.4. The molecule has 0 aromatic heterocycles. The number of esters is 3. The van der Waals surface area contributed by atoms with Gasteiger partial charge in [-0.15, -0.1) is 0 Å². The van der Waals surface area contributed by atoms with E-state index in [2.05, 4.69) is 34.6 Å². The van der Waals surface area contributed by atoms with Crippen LogP contribution in [0.3, 0.4) is 0 Å². The van der Waals surface area contributed by atoms with Gasteiger partial charge in [0.2, 0.25) is 0 Å². The fraction of sp³-hybridized carbons (Fsp3) is 0.949. The molecule has 0 rings (SSSR count). The molecule has 0 spiro atoms. The molecule has 0 radical (unpaired) electrons. The highest BCUT2D eigenvalue weighted by molar-refractivity contribution is 5.71. The summed E-state index contributed by atoms with van der Waals surface area (Å²) < 4.78 is 16.9. The molecule has 0 aliphatic heterocycles. The van der Waals surface area contributed by atoms with Crippen molar-refractivity contribution in [1.82, 2.24) is 0 Å². The van der Waals surface area contributed by atoms with Crippen molar-refractivity contribution in [1.29, 1.82) is 0 Å². The molecule has 0 heterocycles. The monoisotopic (exact) mass is 919 g/mol. The summed E-state index contributed by atoms with van der Waals surface area (Å²) >= 11 is 0. The number of unbranched alkanes of at least 4 members (excludes halogenated alkanes) is 38. The van der Waals surface area contributed by atoms with E-state index in [1.807, 2.05) is 0 Å². The third kappa shape index (κ3) is 53.2. The number of rotatable bonds is 53. The number of carbonyl (C=O) groups excluding carboxylic acids is 3. The average Bonchev–Trinajstić information content (AvgIpc) is 3.28. The molecule has 0 bridgehead atoms. The fourth-order valence-electron chi connectivity index (χ4n) is 9.05. The highest BCUT2D eigenvalue weighted by Crippen LogP contribution is 2.18. The summed E-state index contributed by atoms with van der Waals surface area (Å²) in [4.78, 5) is 38.0. The lowest BCUT2D eigenvalue weighted by Crippen LogP contribution is -2.30. The molecule has 0 saturated carbocycles. The molecule has 1 atom stereocenters. The summed E-state index contributed by atoms with van der Waals surface area (Å²) in [5.41, 5.74) is 0. The minimum atomic E-state index is -0.762. The molecular weight excluding hydrogens is 805 g/mol. The van der Waals surface area contributed by atoms with E-state index in [9.17, 15) is 14.4 Å². The predicted octanol–water partition coefficient (Wildman–Crippen LogP) is 19.3. The van der Waals surface area contributed by atoms with Crippen LogP contribution in [0.4, 0.5) is 0 Å². The van der Waals surface area contributed by atoms with Gasteiger partial charge >= 0.3 is 17.9 Å². The smallest absolute Gasteiger partial charge is 0.306 e. The predicted molar refractivity (Wildman–Crippen MR) is 280 cm³/mol. The van der Waals surface area contributed by atoms with Crippen molar-refractivity contribution in [3.63, 3.8) is 0 Å². The van der Waals surface area contributed by atoms with E-state index in [4.69, 9.17) is 14.2 Å². The van der Waals surface area contributed by atoms with Crippen LogP contribution in [0.25, 0.3) is 0 Å². The Hall–Kier alpha value is -1.59. The van der Waals surface area contributed by atoms with Crippen molar-refractivity contribution in [3.8, 4) is 0 Å². The Morgan fingerprint density at radius 3 is 0.754 bits per heavy atom. The van der Waals surface area contributed by atoms with Gasteiger partial charge in [-0.05, 0) is 31.1 Å². The standard InChI is InChI=1S/C59H114O6/c1-6-7-8-9-10-27-34-39-44-49-57(60)63-52-56(65-59(62)51-46-41-36-31-26-22-18-14-12-16-20-24-29-33-38-43-48-55(4)5)53-64-58(61)50-45-40-35-30-25-21-17-13-11-15-19-23-28-32-37-42-47-54(2)3/h54-56H,6-53H2,1-5H3/t56-/m1/s1. The first-order chi connectivity index (χ1) is 31.7. The molecule has 6 heteroatoms. The Bertz CT molecular complexity index is 993. The van der Waals surface area contributed by atoms with E-state index in [1.54, 1.807) is 0 Å². The zero-order valence-corrected chi connectivity index (χ0v) is 44.6. The fourth-order valence-corrected chi connectivity index (χ4v) is 9.05. The van der Waals surface area contributed by atoms with Crippen molar-refractivity contribution >= 4 is 17.9 Å². The average molecular weight is 920 g/mol. The number of ether oxygens (including phenoxy) is 3. The Morgan fingerprint density at radius 2 is 0.508 bits per heavy atom. The normalized spacial score (nSPS) is 12.0. The van der Waals surface area contributed by atoms with Crippen LogP contribution >= 0.6 is 0 Å². The van der Waals surface area contributed by atoms with Crippen LogP contribution in [0, 0.1) is 11.8 Å². The maximum absolute atomic E-state index is 12.8. The topological polar surface area (TPSA) is 78.9 Å². The summed E-state index contributed by atoms with van der Waals surface area (Å²) in [7, 11) is 0. The summed E-state index contributed by atoms with van der Waals surface area (Å²) in [5.74, 6) is 0.864. The highest BCUT2D eigenvalue weighted by Gasteiger charge is 2.19. The van der Waals surface area contributed by atoms with Gasteiger partial charge in [-0.2, -0.15) is 0 Å². The lowest BCUT2D eigenvalue weighted by Gasteiger charge is -2.18. The van der Waals surface area contributed by atoms with E-state index in [1.165, 1.54) is 218 Å². The second-order valence-corrected chi connectivity index (χ2v) is 21.2. The number of carbonyl (C=O) groups is 3. The van der Waals surface area contributed by atoms with Crippen LogP contribution < -0.4 is 0 Å². The van der Waals surface area contributed by atoms with Gasteiger partial charge in [0.25, 0.3) is 0 Å². The van der Waals surface area contributed by atoms with Crippen LogP contribution in [0.15, 0.2) is 0 Å². The molecule has 65 heavy (non-hydrogen) atoms. The first-order valence-corrected chi connectivity index (χ1v) is 29.2. The van der Waals surface area contributed by atoms with Gasteiger partial charge in [0.05, 0.1) is 0 Å². The molecule has 0 fully saturated rings. The van der Waals surface area contributed by atoms with Gasteiger partial charge in [-0.1, -0.05) is 291 Å². The van der Waals surface area contributed by atoms with Crippen molar-refractivity contribution in [2.75, 3.05) is 13.2 Å². The molecule has 0 aliphatic rings. The van der Waals surface area contributed by atoms with Crippen molar-refractivity contribution in [2.45, 2.75) is 336 Å². The molecule has 0 aliphatic carbocycles. The second kappa shape index (κ2) is 51.8. The molecule has 0 aromatic rings. The molecule has 0 saturated heterocycles. The first-order valence-electron chi connectivity index (χ1n) is 29.2. The number of hydrogen-bond donors (Lipinski definition) is 0. The highest BCUT2D eigenvalue weighted by atomic mass is 16.6. The van der Waals surface area contributed by atoms with E-state index >= 15 is 0 Å². The zero-order chi connectivity index (χ0) is 47.5. The van der Waals surface area contributed by atoms with E-state index in [-0.39, 0.29) is 31.1 Å². The van der Waals surface area contributed by atoms with Crippen molar-refractivity contribution < 1.29 is 28.6 Å². The van der Waals surface area contributed by atoms with Gasteiger partial charge < -0.3 is 14.2 Å². The van der Waals surface area contributed by atoms with Crippen molar-refractivity contribution in [3.05, 3.63) is 0 Å². The van der Waals surface area contributed by atoms with Crippen LogP contribution in [0.5, 0.6) is 0 Å².